The number of nitrogens with one attached hydrogen (secondary N) is 1. The Labute approximate surface area is 134 Å². The Morgan fingerprint density at radius 3 is 2.61 bits per heavy atom. The zero-order valence-corrected chi connectivity index (χ0v) is 13.5. The maximum Gasteiger partial charge on any atom is 0.331 e. The molecule has 2 rings (SSSR count). The summed E-state index contributed by atoms with van der Waals surface area (Å²) in [5.41, 5.74) is -0.629. The highest BCUT2D eigenvalue weighted by Crippen LogP contribution is 2.30. The minimum atomic E-state index is -0.607. The smallest absolute Gasteiger partial charge is 0.331 e. The molecule has 0 atom stereocenters. The number of rotatable bonds is 6. The number of aromatic amines is 1. The Morgan fingerprint density at radius 1 is 1.30 bits per heavy atom. The first-order valence-corrected chi connectivity index (χ1v) is 8.32. The summed E-state index contributed by atoms with van der Waals surface area (Å²) in [6.07, 6.45) is 5.75. The standard InChI is InChI=1S/C16H25N3O4/c1-2-12(17-9-6-10-20)13-14(21)18-16(23)19(15(13)22)11-7-4-3-5-8-11/h11,20,22H,2-10H2,1H3,(H,18,21,23). The van der Waals surface area contributed by atoms with Crippen LogP contribution in [0, 0.1) is 0 Å². The number of aliphatic hydroxyl groups excluding tert-OH is 1. The Kier molecular flexibility index (Phi) is 6.15. The zero-order chi connectivity index (χ0) is 16.8. The first-order chi connectivity index (χ1) is 11.1. The molecule has 1 saturated carbocycles. The van der Waals surface area contributed by atoms with E-state index in [1.165, 1.54) is 4.57 Å². The van der Waals surface area contributed by atoms with Crippen molar-refractivity contribution in [2.45, 2.75) is 57.9 Å². The van der Waals surface area contributed by atoms with Gasteiger partial charge in [-0.25, -0.2) is 4.79 Å². The largest absolute Gasteiger partial charge is 0.494 e. The highest BCUT2D eigenvalue weighted by atomic mass is 16.3. The van der Waals surface area contributed by atoms with E-state index >= 15 is 0 Å². The molecular weight excluding hydrogens is 298 g/mol. The molecule has 128 valence electrons. The molecule has 1 aromatic heterocycles. The van der Waals surface area contributed by atoms with Crippen molar-refractivity contribution in [3.8, 4) is 5.88 Å². The van der Waals surface area contributed by atoms with Crippen molar-refractivity contribution in [1.29, 1.82) is 0 Å². The number of aliphatic hydroxyl groups is 1. The molecule has 0 radical (unpaired) electrons. The quantitative estimate of drug-likeness (QED) is 0.542. The number of nitrogens with zero attached hydrogens (tertiary/aromatic N) is 2. The van der Waals surface area contributed by atoms with Gasteiger partial charge in [-0.15, -0.1) is 0 Å². The average Bonchev–Trinajstić information content (AvgIpc) is 2.54. The molecule has 1 aromatic rings. The van der Waals surface area contributed by atoms with Gasteiger partial charge >= 0.3 is 5.69 Å². The summed E-state index contributed by atoms with van der Waals surface area (Å²) in [5.74, 6) is -0.282. The van der Waals surface area contributed by atoms with Crippen molar-refractivity contribution in [3.63, 3.8) is 0 Å². The molecular formula is C16H25N3O4. The Hall–Kier alpha value is -1.89. The van der Waals surface area contributed by atoms with E-state index in [-0.39, 0.29) is 24.1 Å². The van der Waals surface area contributed by atoms with Gasteiger partial charge in [-0.05, 0) is 25.7 Å². The Balaban J connectivity index is 2.49. The van der Waals surface area contributed by atoms with E-state index in [1.807, 2.05) is 6.92 Å². The normalized spacial score (nSPS) is 16.7. The van der Waals surface area contributed by atoms with Crippen LogP contribution in [-0.2, 0) is 0 Å². The van der Waals surface area contributed by atoms with Gasteiger partial charge in [-0.3, -0.25) is 19.3 Å². The number of hydrogen-bond donors (Lipinski definition) is 3. The number of hydrogen-bond acceptors (Lipinski definition) is 5. The van der Waals surface area contributed by atoms with Crippen LogP contribution in [0.3, 0.4) is 0 Å². The molecule has 0 aliphatic heterocycles. The van der Waals surface area contributed by atoms with Crippen molar-refractivity contribution >= 4 is 5.71 Å². The molecule has 1 heterocycles. The summed E-state index contributed by atoms with van der Waals surface area (Å²) in [4.78, 5) is 30.9. The monoisotopic (exact) mass is 323 g/mol. The van der Waals surface area contributed by atoms with E-state index < -0.39 is 11.2 Å². The molecule has 1 fully saturated rings. The summed E-state index contributed by atoms with van der Waals surface area (Å²) in [5, 5.41) is 19.4. The number of H-pyrrole nitrogens is 1. The fourth-order valence-corrected chi connectivity index (χ4v) is 3.13. The van der Waals surface area contributed by atoms with Crippen LogP contribution in [0.1, 0.15) is 63.5 Å². The topological polar surface area (TPSA) is 108 Å². The first kappa shape index (κ1) is 17.5. The van der Waals surface area contributed by atoms with Crippen molar-refractivity contribution in [2.24, 2.45) is 4.99 Å². The predicted molar refractivity (Wildman–Crippen MR) is 88.5 cm³/mol. The molecule has 7 heteroatoms. The molecule has 3 N–H and O–H groups in total. The van der Waals surface area contributed by atoms with E-state index in [4.69, 9.17) is 5.11 Å². The third kappa shape index (κ3) is 3.90. The van der Waals surface area contributed by atoms with Crippen molar-refractivity contribution in [1.82, 2.24) is 9.55 Å². The molecule has 0 aromatic carbocycles. The average molecular weight is 323 g/mol. The van der Waals surface area contributed by atoms with Gasteiger partial charge < -0.3 is 10.2 Å². The second-order valence-electron chi connectivity index (χ2n) is 5.88. The fraction of sp³-hybridized carbons (Fsp3) is 0.688. The van der Waals surface area contributed by atoms with Crippen LogP contribution in [0.2, 0.25) is 0 Å². The second-order valence-corrected chi connectivity index (χ2v) is 5.88. The summed E-state index contributed by atoms with van der Waals surface area (Å²) in [6.45, 7) is 2.23. The van der Waals surface area contributed by atoms with Gasteiger partial charge in [0.1, 0.15) is 5.56 Å². The van der Waals surface area contributed by atoms with Crippen LogP contribution in [0.25, 0.3) is 0 Å². The summed E-state index contributed by atoms with van der Waals surface area (Å²) in [6, 6.07) is -0.0811. The van der Waals surface area contributed by atoms with Gasteiger partial charge in [-0.2, -0.15) is 0 Å². The molecule has 1 aliphatic carbocycles. The first-order valence-electron chi connectivity index (χ1n) is 8.32. The minimum absolute atomic E-state index is 0.0183. The van der Waals surface area contributed by atoms with Gasteiger partial charge in [0.15, 0.2) is 0 Å². The Bertz CT molecular complexity index is 669. The summed E-state index contributed by atoms with van der Waals surface area (Å²) < 4.78 is 1.31. The molecule has 0 spiro atoms. The van der Waals surface area contributed by atoms with E-state index in [0.717, 1.165) is 32.1 Å². The van der Waals surface area contributed by atoms with Gasteiger partial charge in [0.25, 0.3) is 5.56 Å². The molecule has 1 aliphatic rings. The highest BCUT2D eigenvalue weighted by Gasteiger charge is 2.24. The number of aliphatic imine (C=N–C) groups is 1. The third-order valence-corrected chi connectivity index (χ3v) is 4.30. The van der Waals surface area contributed by atoms with Crippen LogP contribution < -0.4 is 11.2 Å². The highest BCUT2D eigenvalue weighted by molar-refractivity contribution is 6.01. The maximum atomic E-state index is 12.2. The van der Waals surface area contributed by atoms with Crippen molar-refractivity contribution in [3.05, 3.63) is 26.4 Å². The van der Waals surface area contributed by atoms with Gasteiger partial charge in [0.05, 0.1) is 5.71 Å². The number of aromatic hydroxyl groups is 1. The van der Waals surface area contributed by atoms with Crippen LogP contribution in [0.5, 0.6) is 5.88 Å². The van der Waals surface area contributed by atoms with E-state index in [9.17, 15) is 14.7 Å². The van der Waals surface area contributed by atoms with Crippen LogP contribution in [-0.4, -0.2) is 38.6 Å². The molecule has 0 unspecified atom stereocenters. The van der Waals surface area contributed by atoms with Gasteiger partial charge in [-0.1, -0.05) is 26.2 Å². The Morgan fingerprint density at radius 2 is 2.00 bits per heavy atom. The predicted octanol–water partition coefficient (Wildman–Crippen LogP) is 1.33. The van der Waals surface area contributed by atoms with Crippen molar-refractivity contribution < 1.29 is 10.2 Å². The molecule has 7 nitrogen and oxygen atoms in total. The molecule has 0 bridgehead atoms. The van der Waals surface area contributed by atoms with Crippen LogP contribution in [0.4, 0.5) is 0 Å². The number of aromatic nitrogens is 2. The minimum Gasteiger partial charge on any atom is -0.494 e. The van der Waals surface area contributed by atoms with Crippen molar-refractivity contribution in [2.75, 3.05) is 13.2 Å². The summed E-state index contributed by atoms with van der Waals surface area (Å²) >= 11 is 0. The third-order valence-electron chi connectivity index (χ3n) is 4.30. The lowest BCUT2D eigenvalue weighted by Crippen LogP contribution is -2.36. The maximum absolute atomic E-state index is 12.2. The van der Waals surface area contributed by atoms with E-state index in [2.05, 4.69) is 9.98 Å². The van der Waals surface area contributed by atoms with E-state index in [0.29, 0.717) is 25.1 Å². The van der Waals surface area contributed by atoms with Crippen LogP contribution in [0.15, 0.2) is 14.6 Å². The van der Waals surface area contributed by atoms with Gasteiger partial charge in [0, 0.05) is 19.2 Å². The fourth-order valence-electron chi connectivity index (χ4n) is 3.13. The van der Waals surface area contributed by atoms with E-state index in [1.54, 1.807) is 0 Å². The lowest BCUT2D eigenvalue weighted by molar-refractivity contribution is 0.291. The second kappa shape index (κ2) is 8.10. The lowest BCUT2D eigenvalue weighted by atomic mass is 9.95. The molecule has 0 amide bonds. The summed E-state index contributed by atoms with van der Waals surface area (Å²) in [7, 11) is 0. The SMILES string of the molecule is CCC(=NCCCO)c1c(O)n(C2CCCCC2)c(=O)[nH]c1=O. The lowest BCUT2D eigenvalue weighted by Gasteiger charge is -2.25. The molecule has 0 saturated heterocycles. The van der Waals surface area contributed by atoms with Gasteiger partial charge in [0.2, 0.25) is 5.88 Å². The zero-order valence-electron chi connectivity index (χ0n) is 13.5. The van der Waals surface area contributed by atoms with Crippen LogP contribution >= 0.6 is 0 Å². The molecule has 23 heavy (non-hydrogen) atoms.